The molecule has 8 N–H and O–H groups in total. The quantitative estimate of drug-likeness (QED) is 0.0129. The number of benzene rings is 6. The Labute approximate surface area is 424 Å². The standard InChI is InChI=1S/C43H36N8O20S4/c52-36-15-13-34(40(54)38(36)50-44-26-3-7-28(8-4-26)73(61,62)19-17-68-72-71-70-60)48-46-32-11-1-24(22-30(32)42(56)57)21-25-2-12-33(31(23-25)43(58)59)47-49-35-14-16-37(53)39(41(35)55)51-45-27-5-9-29(10-6-27)74(63,64)20-18-69-75(65,66)67/h1-16,22-23,44-47,60H,17-21H2,(H,56,57)(H,58,59)(H,65,66,67). The van der Waals surface area contributed by atoms with Crippen molar-refractivity contribution in [1.29, 1.82) is 0 Å². The van der Waals surface area contributed by atoms with Gasteiger partial charge in [0.1, 0.15) is 10.7 Å². The molecule has 0 spiro atoms. The molecule has 6 aromatic rings. The van der Waals surface area contributed by atoms with Crippen LogP contribution in [0.5, 0.6) is 0 Å². The molecule has 0 saturated heterocycles. The SMILES string of the molecule is O=C(O)c1cc(Cc2ccc(NN=c3ccc(=O)c(=NNc4ccc(S(=O)(=O)CCOS(=O)(=O)O)cc4)c3=O)c(C(=O)O)c2)ccc1NN=c1ccc(=O)c(=NNc2ccc(S(=O)(=O)CCOSOOO)cc2)c1=O. The highest BCUT2D eigenvalue weighted by Gasteiger charge is 2.19. The fourth-order valence-electron chi connectivity index (χ4n) is 6.31. The highest BCUT2D eigenvalue weighted by atomic mass is 32.3. The van der Waals surface area contributed by atoms with Crippen molar-refractivity contribution in [3.05, 3.63) is 194 Å². The van der Waals surface area contributed by atoms with Crippen LogP contribution in [0.3, 0.4) is 0 Å². The summed E-state index contributed by atoms with van der Waals surface area (Å²) in [5.41, 5.74) is 6.76. The predicted molar refractivity (Wildman–Crippen MR) is 262 cm³/mol. The number of hydrogen-bond acceptors (Lipinski definition) is 26. The first-order chi connectivity index (χ1) is 35.5. The lowest BCUT2D eigenvalue weighted by Gasteiger charge is -2.11. The molecule has 6 aromatic carbocycles. The Morgan fingerprint density at radius 3 is 1.37 bits per heavy atom. The number of carbonyl (C=O) groups is 2. The summed E-state index contributed by atoms with van der Waals surface area (Å²) in [6, 6.07) is 22.2. The van der Waals surface area contributed by atoms with Crippen molar-refractivity contribution in [2.45, 2.75) is 16.2 Å². The zero-order valence-corrected chi connectivity index (χ0v) is 40.9. The van der Waals surface area contributed by atoms with Crippen LogP contribution in [0.2, 0.25) is 0 Å². The normalized spacial score (nSPS) is 12.9. The van der Waals surface area contributed by atoms with E-state index in [1.54, 1.807) is 0 Å². The van der Waals surface area contributed by atoms with Crippen LogP contribution < -0.4 is 64.8 Å². The molecule has 32 heteroatoms. The van der Waals surface area contributed by atoms with Crippen molar-refractivity contribution in [3.63, 3.8) is 0 Å². The van der Waals surface area contributed by atoms with E-state index in [0.717, 1.165) is 36.4 Å². The molecule has 0 atom stereocenters. The number of sulfone groups is 2. The number of carboxylic acids is 2. The van der Waals surface area contributed by atoms with Crippen molar-refractivity contribution in [2.24, 2.45) is 20.4 Å². The number of nitrogens with one attached hydrogen (secondary N) is 4. The highest BCUT2D eigenvalue weighted by Crippen LogP contribution is 2.24. The molecule has 0 aliphatic carbocycles. The lowest BCUT2D eigenvalue weighted by Crippen LogP contribution is -2.48. The van der Waals surface area contributed by atoms with Gasteiger partial charge >= 0.3 is 22.3 Å². The molecule has 0 aliphatic heterocycles. The summed E-state index contributed by atoms with van der Waals surface area (Å²) in [6.45, 7) is -1.16. The maximum Gasteiger partial charge on any atom is 0.397 e. The molecule has 0 amide bonds. The van der Waals surface area contributed by atoms with Gasteiger partial charge in [0.25, 0.3) is 0 Å². The number of nitrogens with zero attached hydrogens (tertiary/aromatic N) is 4. The Balaban J connectivity index is 1.14. The minimum absolute atomic E-state index is 0.00587. The van der Waals surface area contributed by atoms with Crippen LogP contribution in [0.15, 0.2) is 159 Å². The van der Waals surface area contributed by atoms with E-state index in [1.807, 2.05) is 0 Å². The average Bonchev–Trinajstić information content (AvgIpc) is 3.36. The van der Waals surface area contributed by atoms with E-state index in [-0.39, 0.29) is 79.7 Å². The second kappa shape index (κ2) is 24.7. The Bertz CT molecular complexity index is 3980. The minimum atomic E-state index is -4.85. The number of anilines is 4. The van der Waals surface area contributed by atoms with Gasteiger partial charge in [-0.25, -0.2) is 35.9 Å². The predicted octanol–water partition coefficient (Wildman–Crippen LogP) is -0.0552. The van der Waals surface area contributed by atoms with Gasteiger partial charge in [0.15, 0.2) is 42.7 Å². The van der Waals surface area contributed by atoms with Crippen LogP contribution in [0.1, 0.15) is 31.8 Å². The molecule has 0 unspecified atom stereocenters. The number of hydrogen-bond donors (Lipinski definition) is 8. The van der Waals surface area contributed by atoms with Gasteiger partial charge in [0.05, 0.1) is 68.4 Å². The summed E-state index contributed by atoms with van der Waals surface area (Å²) in [7, 11) is -12.7. The van der Waals surface area contributed by atoms with Gasteiger partial charge in [-0.3, -0.25) is 49.6 Å². The summed E-state index contributed by atoms with van der Waals surface area (Å²) in [6.07, 6.45) is 0.00587. The lowest BCUT2D eigenvalue weighted by molar-refractivity contribution is -0.434. The van der Waals surface area contributed by atoms with Gasteiger partial charge in [0, 0.05) is 0 Å². The lowest BCUT2D eigenvalue weighted by atomic mass is 9.99. The first-order valence-electron chi connectivity index (χ1n) is 20.7. The summed E-state index contributed by atoms with van der Waals surface area (Å²) >= 11 is 0.217. The first-order valence-corrected chi connectivity index (χ1v) is 26.0. The van der Waals surface area contributed by atoms with Crippen molar-refractivity contribution in [1.82, 2.24) is 0 Å². The van der Waals surface area contributed by atoms with Gasteiger partial charge in [-0.2, -0.15) is 28.8 Å². The van der Waals surface area contributed by atoms with Gasteiger partial charge in [-0.15, -0.1) is 4.33 Å². The Morgan fingerprint density at radius 1 is 0.547 bits per heavy atom. The molecule has 6 rings (SSSR count). The summed E-state index contributed by atoms with van der Waals surface area (Å²) in [4.78, 5) is 76.0. The Kier molecular flexibility index (Phi) is 18.5. The molecular weight excluding hydrogens is 1080 g/mol. The fraction of sp³-hybridized carbons (Fsp3) is 0.116. The molecular formula is C43H36N8O20S4. The second-order valence-corrected chi connectivity index (χ2v) is 20.7. The third kappa shape index (κ3) is 15.4. The van der Waals surface area contributed by atoms with Gasteiger partial charge in [-0.1, -0.05) is 17.2 Å². The zero-order chi connectivity index (χ0) is 54.5. The van der Waals surface area contributed by atoms with E-state index in [9.17, 15) is 64.2 Å². The zero-order valence-electron chi connectivity index (χ0n) is 37.7. The largest absolute Gasteiger partial charge is 0.478 e. The molecule has 0 radical (unpaired) electrons. The topological polar surface area (TPSA) is 420 Å². The molecule has 0 saturated carbocycles. The molecule has 0 aromatic heterocycles. The molecule has 75 heavy (non-hydrogen) atoms. The van der Waals surface area contributed by atoms with E-state index in [1.165, 1.54) is 72.8 Å². The Morgan fingerprint density at radius 2 is 0.973 bits per heavy atom. The number of rotatable bonds is 24. The summed E-state index contributed by atoms with van der Waals surface area (Å²) < 4.78 is 92.9. The second-order valence-electron chi connectivity index (χ2n) is 14.9. The van der Waals surface area contributed by atoms with Crippen molar-refractivity contribution in [3.8, 4) is 0 Å². The summed E-state index contributed by atoms with van der Waals surface area (Å²) in [5, 5.41) is 45.2. The van der Waals surface area contributed by atoms with E-state index in [0.29, 0.717) is 11.1 Å². The fourth-order valence-corrected chi connectivity index (χ4v) is 9.21. The van der Waals surface area contributed by atoms with Crippen molar-refractivity contribution < 1.29 is 72.6 Å². The number of carboxylic acid groups (broad SMARTS) is 2. The third-order valence-electron chi connectivity index (χ3n) is 9.92. The molecule has 0 fully saturated rings. The highest BCUT2D eigenvalue weighted by molar-refractivity contribution is 7.92. The van der Waals surface area contributed by atoms with E-state index >= 15 is 0 Å². The molecule has 28 nitrogen and oxygen atoms in total. The van der Waals surface area contributed by atoms with Crippen LogP contribution in [0.4, 0.5) is 22.7 Å². The Hall–Kier alpha value is -8.18. The van der Waals surface area contributed by atoms with Gasteiger partial charge in [-0.05, 0) is 115 Å². The van der Waals surface area contributed by atoms with Crippen LogP contribution in [0, 0.1) is 0 Å². The first kappa shape index (κ1) is 56.1. The van der Waals surface area contributed by atoms with Crippen molar-refractivity contribution in [2.75, 3.05) is 46.4 Å². The summed E-state index contributed by atoms with van der Waals surface area (Å²) in [5.74, 6) is -4.05. The van der Waals surface area contributed by atoms with Crippen LogP contribution in [-0.2, 0) is 54.2 Å². The number of aromatic carboxylic acids is 2. The van der Waals surface area contributed by atoms with Gasteiger partial charge < -0.3 is 10.2 Å². The maximum absolute atomic E-state index is 13.2. The minimum Gasteiger partial charge on any atom is -0.478 e. The van der Waals surface area contributed by atoms with Crippen LogP contribution >= 0.6 is 12.3 Å². The molecule has 0 aliphatic rings. The van der Waals surface area contributed by atoms with Crippen molar-refractivity contribution >= 4 is 77.1 Å². The average molecular weight is 1110 g/mol. The monoisotopic (exact) mass is 1110 g/mol. The molecule has 392 valence electrons. The maximum atomic E-state index is 13.2. The van der Waals surface area contributed by atoms with Crippen LogP contribution in [-0.4, -0.2) is 81.9 Å². The van der Waals surface area contributed by atoms with Gasteiger partial charge in [0.2, 0.25) is 21.7 Å². The molecule has 0 heterocycles. The van der Waals surface area contributed by atoms with E-state index in [4.69, 9.17) is 14.0 Å². The van der Waals surface area contributed by atoms with E-state index in [2.05, 4.69) is 55.7 Å². The van der Waals surface area contributed by atoms with Crippen LogP contribution in [0.25, 0.3) is 0 Å². The molecule has 0 bridgehead atoms. The van der Waals surface area contributed by atoms with E-state index < -0.39 is 92.6 Å². The third-order valence-corrected chi connectivity index (χ3v) is 14.2. The smallest absolute Gasteiger partial charge is 0.397 e.